The van der Waals surface area contributed by atoms with Gasteiger partial charge in [-0.15, -0.1) is 0 Å². The van der Waals surface area contributed by atoms with Crippen LogP contribution in [0.2, 0.25) is 0 Å². The highest BCUT2D eigenvalue weighted by Gasteiger charge is 2.11. The van der Waals surface area contributed by atoms with E-state index in [2.05, 4.69) is 35.1 Å². The van der Waals surface area contributed by atoms with Gasteiger partial charge in [0.2, 0.25) is 0 Å². The van der Waals surface area contributed by atoms with Gasteiger partial charge in [0.25, 0.3) is 0 Å². The molecule has 0 amide bonds. The Morgan fingerprint density at radius 1 is 1.41 bits per heavy atom. The molecule has 0 bridgehead atoms. The molecule has 0 saturated heterocycles. The maximum absolute atomic E-state index is 13.6. The predicted molar refractivity (Wildman–Crippen MR) is 70.4 cm³/mol. The van der Waals surface area contributed by atoms with Gasteiger partial charge in [-0.25, -0.2) is 4.39 Å². The zero-order chi connectivity index (χ0) is 12.4. The van der Waals surface area contributed by atoms with Crippen molar-refractivity contribution >= 4 is 26.9 Å². The fraction of sp³-hybridized carbons (Fsp3) is 0.385. The third-order valence-corrected chi connectivity index (χ3v) is 3.00. The van der Waals surface area contributed by atoms with Gasteiger partial charge < -0.3 is 9.73 Å². The highest BCUT2D eigenvalue weighted by Crippen LogP contribution is 2.27. The zero-order valence-corrected chi connectivity index (χ0v) is 11.5. The summed E-state index contributed by atoms with van der Waals surface area (Å²) in [6.07, 6.45) is 1.62. The topological polar surface area (TPSA) is 25.2 Å². The van der Waals surface area contributed by atoms with Crippen molar-refractivity contribution < 1.29 is 8.81 Å². The van der Waals surface area contributed by atoms with Gasteiger partial charge in [-0.2, -0.15) is 0 Å². The molecule has 2 rings (SSSR count). The van der Waals surface area contributed by atoms with E-state index in [4.69, 9.17) is 4.42 Å². The van der Waals surface area contributed by atoms with Crippen LogP contribution in [0.25, 0.3) is 11.0 Å². The standard InChI is InChI=1S/C13H15BrFNO/c1-8(2)5-16-6-9-7-17-13-11(9)3-10(14)4-12(13)15/h3-4,7-8,16H,5-6H2,1-2H3. The van der Waals surface area contributed by atoms with Gasteiger partial charge in [0.1, 0.15) is 0 Å². The Kier molecular flexibility index (Phi) is 3.84. The number of hydrogen-bond acceptors (Lipinski definition) is 2. The van der Waals surface area contributed by atoms with Crippen molar-refractivity contribution in [1.29, 1.82) is 0 Å². The predicted octanol–water partition coefficient (Wildman–Crippen LogP) is 4.08. The third kappa shape index (κ3) is 2.87. The van der Waals surface area contributed by atoms with E-state index in [1.54, 1.807) is 6.26 Å². The number of halogens is 2. The molecule has 1 heterocycles. The lowest BCUT2D eigenvalue weighted by atomic mass is 10.1. The van der Waals surface area contributed by atoms with Crippen LogP contribution in [0.4, 0.5) is 4.39 Å². The van der Waals surface area contributed by atoms with Crippen molar-refractivity contribution in [3.8, 4) is 0 Å². The first-order valence-electron chi connectivity index (χ1n) is 5.63. The second kappa shape index (κ2) is 5.19. The maximum Gasteiger partial charge on any atom is 0.169 e. The van der Waals surface area contributed by atoms with E-state index in [1.807, 2.05) is 6.07 Å². The molecule has 1 aromatic heterocycles. The molecule has 0 unspecified atom stereocenters. The molecular weight excluding hydrogens is 285 g/mol. The molecule has 4 heteroatoms. The summed E-state index contributed by atoms with van der Waals surface area (Å²) in [6.45, 7) is 5.93. The summed E-state index contributed by atoms with van der Waals surface area (Å²) < 4.78 is 19.6. The number of furan rings is 1. The van der Waals surface area contributed by atoms with E-state index in [0.29, 0.717) is 18.0 Å². The summed E-state index contributed by atoms with van der Waals surface area (Å²) in [5.41, 5.74) is 1.32. The molecule has 0 aliphatic heterocycles. The summed E-state index contributed by atoms with van der Waals surface area (Å²) in [5.74, 6) is 0.265. The van der Waals surface area contributed by atoms with E-state index in [0.717, 1.165) is 22.0 Å². The van der Waals surface area contributed by atoms with Crippen molar-refractivity contribution in [2.24, 2.45) is 5.92 Å². The SMILES string of the molecule is CC(C)CNCc1coc2c(F)cc(Br)cc12. The number of hydrogen-bond donors (Lipinski definition) is 1. The molecule has 0 atom stereocenters. The zero-order valence-electron chi connectivity index (χ0n) is 9.89. The van der Waals surface area contributed by atoms with Crippen molar-refractivity contribution in [3.05, 3.63) is 34.2 Å². The van der Waals surface area contributed by atoms with Gasteiger partial charge in [0, 0.05) is 22.0 Å². The minimum atomic E-state index is -0.329. The lowest BCUT2D eigenvalue weighted by molar-refractivity contribution is 0.540. The number of nitrogens with one attached hydrogen (secondary N) is 1. The summed E-state index contributed by atoms with van der Waals surface area (Å²) in [7, 11) is 0. The second-order valence-electron chi connectivity index (χ2n) is 4.55. The Morgan fingerprint density at radius 2 is 2.18 bits per heavy atom. The average molecular weight is 300 g/mol. The monoisotopic (exact) mass is 299 g/mol. The van der Waals surface area contributed by atoms with Crippen LogP contribution in [0.1, 0.15) is 19.4 Å². The third-order valence-electron chi connectivity index (χ3n) is 2.54. The van der Waals surface area contributed by atoms with Crippen LogP contribution in [-0.4, -0.2) is 6.54 Å². The van der Waals surface area contributed by atoms with Gasteiger partial charge in [0.15, 0.2) is 11.4 Å². The van der Waals surface area contributed by atoms with Crippen LogP contribution >= 0.6 is 15.9 Å². The molecule has 92 valence electrons. The van der Waals surface area contributed by atoms with Crippen LogP contribution < -0.4 is 5.32 Å². The summed E-state index contributed by atoms with van der Waals surface area (Å²) in [6, 6.07) is 3.30. The molecule has 2 nitrogen and oxygen atoms in total. The highest BCUT2D eigenvalue weighted by atomic mass is 79.9. The van der Waals surface area contributed by atoms with Crippen LogP contribution in [0.15, 0.2) is 27.3 Å². The van der Waals surface area contributed by atoms with Gasteiger partial charge in [0.05, 0.1) is 6.26 Å². The van der Waals surface area contributed by atoms with Crippen LogP contribution in [-0.2, 0) is 6.54 Å². The molecule has 0 fully saturated rings. The van der Waals surface area contributed by atoms with Crippen LogP contribution in [0, 0.1) is 11.7 Å². The molecule has 0 radical (unpaired) electrons. The summed E-state index contributed by atoms with van der Waals surface area (Å²) >= 11 is 3.29. The van der Waals surface area contributed by atoms with Crippen molar-refractivity contribution in [2.75, 3.05) is 6.54 Å². The molecule has 0 saturated carbocycles. The highest BCUT2D eigenvalue weighted by molar-refractivity contribution is 9.10. The molecule has 0 aliphatic carbocycles. The first-order chi connectivity index (χ1) is 8.08. The summed E-state index contributed by atoms with van der Waals surface area (Å²) in [4.78, 5) is 0. The molecule has 1 N–H and O–H groups in total. The minimum absolute atomic E-state index is 0.328. The number of fused-ring (bicyclic) bond motifs is 1. The van der Waals surface area contributed by atoms with E-state index in [-0.39, 0.29) is 5.82 Å². The first kappa shape index (κ1) is 12.6. The van der Waals surface area contributed by atoms with Crippen molar-refractivity contribution in [1.82, 2.24) is 5.32 Å². The molecule has 1 aromatic carbocycles. The van der Waals surface area contributed by atoms with Gasteiger partial charge >= 0.3 is 0 Å². The number of benzene rings is 1. The fourth-order valence-electron chi connectivity index (χ4n) is 1.74. The molecule has 0 aliphatic rings. The summed E-state index contributed by atoms with van der Waals surface area (Å²) in [5, 5.41) is 4.15. The second-order valence-corrected chi connectivity index (χ2v) is 5.47. The Bertz CT molecular complexity index is 521. The van der Waals surface area contributed by atoms with E-state index in [9.17, 15) is 4.39 Å². The van der Waals surface area contributed by atoms with Crippen molar-refractivity contribution in [3.63, 3.8) is 0 Å². The van der Waals surface area contributed by atoms with Crippen LogP contribution in [0.3, 0.4) is 0 Å². The van der Waals surface area contributed by atoms with Gasteiger partial charge in [-0.05, 0) is 24.6 Å². The Hall–Kier alpha value is -0.870. The number of rotatable bonds is 4. The average Bonchev–Trinajstić information content (AvgIpc) is 2.61. The fourth-order valence-corrected chi connectivity index (χ4v) is 2.17. The van der Waals surface area contributed by atoms with Crippen molar-refractivity contribution in [2.45, 2.75) is 20.4 Å². The van der Waals surface area contributed by atoms with E-state index >= 15 is 0 Å². The largest absolute Gasteiger partial charge is 0.461 e. The van der Waals surface area contributed by atoms with Gasteiger partial charge in [-0.3, -0.25) is 0 Å². The Morgan fingerprint density at radius 3 is 2.88 bits per heavy atom. The van der Waals surface area contributed by atoms with E-state index in [1.165, 1.54) is 6.07 Å². The quantitative estimate of drug-likeness (QED) is 0.920. The molecule has 2 aromatic rings. The van der Waals surface area contributed by atoms with E-state index < -0.39 is 0 Å². The Balaban J connectivity index is 2.23. The first-order valence-corrected chi connectivity index (χ1v) is 6.43. The normalized spacial score (nSPS) is 11.6. The molecule has 0 spiro atoms. The lowest BCUT2D eigenvalue weighted by Crippen LogP contribution is -2.18. The minimum Gasteiger partial charge on any atom is -0.461 e. The van der Waals surface area contributed by atoms with Gasteiger partial charge in [-0.1, -0.05) is 29.8 Å². The smallest absolute Gasteiger partial charge is 0.169 e. The molecule has 17 heavy (non-hydrogen) atoms. The maximum atomic E-state index is 13.6. The lowest BCUT2D eigenvalue weighted by Gasteiger charge is -2.05. The Labute approximate surface area is 108 Å². The molecular formula is C13H15BrFNO. The van der Waals surface area contributed by atoms with Crippen LogP contribution in [0.5, 0.6) is 0 Å².